The topological polar surface area (TPSA) is 24.1 Å². The third-order valence-corrected chi connectivity index (χ3v) is 2.89. The van der Waals surface area contributed by atoms with E-state index in [1.165, 1.54) is 0 Å². The van der Waals surface area contributed by atoms with Gasteiger partial charge in [-0.2, -0.15) is 0 Å². The van der Waals surface area contributed by atoms with Gasteiger partial charge in [-0.15, -0.1) is 11.8 Å². The molecular weight excluding hydrogens is 176 g/mol. The summed E-state index contributed by atoms with van der Waals surface area (Å²) in [7, 11) is 0. The van der Waals surface area contributed by atoms with Crippen molar-refractivity contribution in [1.82, 2.24) is 10.6 Å². The van der Waals surface area contributed by atoms with E-state index < -0.39 is 0 Å². The van der Waals surface area contributed by atoms with Gasteiger partial charge in [-0.3, -0.25) is 0 Å². The maximum Gasteiger partial charge on any atom is 0.167 e. The van der Waals surface area contributed by atoms with E-state index in [4.69, 9.17) is 12.2 Å². The molecule has 1 heterocycles. The van der Waals surface area contributed by atoms with Crippen molar-refractivity contribution in [2.45, 2.75) is 31.7 Å². The van der Waals surface area contributed by atoms with Crippen molar-refractivity contribution >= 4 is 29.1 Å². The lowest BCUT2D eigenvalue weighted by Gasteiger charge is -2.30. The van der Waals surface area contributed by atoms with Crippen molar-refractivity contribution in [2.75, 3.05) is 5.75 Å². The van der Waals surface area contributed by atoms with Crippen molar-refractivity contribution in [3.05, 3.63) is 0 Å². The molecule has 0 aliphatic carbocycles. The summed E-state index contributed by atoms with van der Waals surface area (Å²) in [5.41, 5.74) is 0. The van der Waals surface area contributed by atoms with Gasteiger partial charge in [-0.1, -0.05) is 6.92 Å². The number of rotatable bonds is 2. The highest BCUT2D eigenvalue weighted by molar-refractivity contribution is 7.99. The zero-order valence-electron chi connectivity index (χ0n) is 6.89. The van der Waals surface area contributed by atoms with Crippen LogP contribution in [0.3, 0.4) is 0 Å². The van der Waals surface area contributed by atoms with Gasteiger partial charge in [0.2, 0.25) is 0 Å². The largest absolute Gasteiger partial charge is 0.360 e. The molecule has 0 aromatic heterocycles. The van der Waals surface area contributed by atoms with Crippen LogP contribution in [0.2, 0.25) is 0 Å². The molecule has 2 atom stereocenters. The van der Waals surface area contributed by atoms with Gasteiger partial charge in [-0.25, -0.2) is 0 Å². The van der Waals surface area contributed by atoms with Gasteiger partial charge in [0.05, 0.1) is 5.37 Å². The third kappa shape index (κ3) is 2.87. The minimum atomic E-state index is 0.517. The fourth-order valence-electron chi connectivity index (χ4n) is 1.16. The Morgan fingerprint density at radius 3 is 2.91 bits per heavy atom. The zero-order chi connectivity index (χ0) is 8.27. The molecule has 2 nitrogen and oxygen atoms in total. The summed E-state index contributed by atoms with van der Waals surface area (Å²) in [5.74, 6) is 1.15. The first-order valence-corrected chi connectivity index (χ1v) is 5.36. The Kier molecular flexibility index (Phi) is 3.45. The average Bonchev–Trinajstić information content (AvgIpc) is 1.85. The molecule has 0 saturated carbocycles. The van der Waals surface area contributed by atoms with E-state index in [2.05, 4.69) is 24.5 Å². The van der Waals surface area contributed by atoms with Crippen LogP contribution in [0, 0.1) is 0 Å². The molecular formula is C7H14N2S2. The highest BCUT2D eigenvalue weighted by Gasteiger charge is 2.19. The van der Waals surface area contributed by atoms with Crippen LogP contribution in [0.15, 0.2) is 0 Å². The highest BCUT2D eigenvalue weighted by atomic mass is 32.2. The highest BCUT2D eigenvalue weighted by Crippen LogP contribution is 2.15. The van der Waals surface area contributed by atoms with Gasteiger partial charge >= 0.3 is 0 Å². The summed E-state index contributed by atoms with van der Waals surface area (Å²) in [6, 6.07) is 0.521. The van der Waals surface area contributed by atoms with Crippen LogP contribution < -0.4 is 10.6 Å². The molecule has 0 aromatic rings. The van der Waals surface area contributed by atoms with E-state index in [-0.39, 0.29) is 0 Å². The lowest BCUT2D eigenvalue weighted by Crippen LogP contribution is -2.52. The average molecular weight is 190 g/mol. The summed E-state index contributed by atoms with van der Waals surface area (Å²) in [4.78, 5) is 0. The van der Waals surface area contributed by atoms with Crippen LogP contribution in [0.4, 0.5) is 0 Å². The van der Waals surface area contributed by atoms with Crippen LogP contribution in [-0.2, 0) is 0 Å². The molecule has 1 saturated heterocycles. The summed E-state index contributed by atoms with van der Waals surface area (Å²) < 4.78 is 0. The van der Waals surface area contributed by atoms with Crippen molar-refractivity contribution in [3.63, 3.8) is 0 Å². The fourth-order valence-corrected chi connectivity index (χ4v) is 2.61. The van der Waals surface area contributed by atoms with Crippen LogP contribution >= 0.6 is 24.0 Å². The summed E-state index contributed by atoms with van der Waals surface area (Å²) >= 11 is 6.96. The van der Waals surface area contributed by atoms with Gasteiger partial charge < -0.3 is 10.6 Å². The van der Waals surface area contributed by atoms with E-state index in [1.54, 1.807) is 0 Å². The van der Waals surface area contributed by atoms with Gasteiger partial charge in [0.25, 0.3) is 0 Å². The molecule has 1 rings (SSSR count). The SMILES string of the molecule is CCSC1CC(C)NC(=S)N1. The summed E-state index contributed by atoms with van der Waals surface area (Å²) in [5, 5.41) is 7.72. The number of nitrogens with one attached hydrogen (secondary N) is 2. The van der Waals surface area contributed by atoms with E-state index in [9.17, 15) is 0 Å². The number of hydrogen-bond donors (Lipinski definition) is 2. The second-order valence-corrected chi connectivity index (χ2v) is 4.59. The van der Waals surface area contributed by atoms with Crippen LogP contribution in [-0.4, -0.2) is 22.3 Å². The molecule has 0 amide bonds. The van der Waals surface area contributed by atoms with Gasteiger partial charge in [0.15, 0.2) is 5.11 Å². The monoisotopic (exact) mass is 190 g/mol. The van der Waals surface area contributed by atoms with Crippen LogP contribution in [0.1, 0.15) is 20.3 Å². The van der Waals surface area contributed by atoms with E-state index in [0.717, 1.165) is 17.3 Å². The molecule has 64 valence electrons. The van der Waals surface area contributed by atoms with Crippen LogP contribution in [0.25, 0.3) is 0 Å². The van der Waals surface area contributed by atoms with E-state index in [0.29, 0.717) is 11.4 Å². The molecule has 11 heavy (non-hydrogen) atoms. The first-order valence-electron chi connectivity index (χ1n) is 3.91. The number of hydrogen-bond acceptors (Lipinski definition) is 2. The number of thiocarbonyl (C=S) groups is 1. The Bertz CT molecular complexity index is 149. The quantitative estimate of drug-likeness (QED) is 0.641. The lowest BCUT2D eigenvalue weighted by molar-refractivity contribution is 0.528. The van der Waals surface area contributed by atoms with E-state index >= 15 is 0 Å². The summed E-state index contributed by atoms with van der Waals surface area (Å²) in [6.45, 7) is 4.33. The molecule has 1 aliphatic heterocycles. The minimum absolute atomic E-state index is 0.517. The molecule has 4 heteroatoms. The molecule has 2 N–H and O–H groups in total. The molecule has 0 bridgehead atoms. The third-order valence-electron chi connectivity index (χ3n) is 1.61. The first-order chi connectivity index (χ1) is 5.22. The van der Waals surface area contributed by atoms with Crippen molar-refractivity contribution in [2.24, 2.45) is 0 Å². The molecule has 0 aromatic carbocycles. The Labute approximate surface area is 77.5 Å². The minimum Gasteiger partial charge on any atom is -0.360 e. The summed E-state index contributed by atoms with van der Waals surface area (Å²) in [6.07, 6.45) is 1.15. The molecule has 0 spiro atoms. The Balaban J connectivity index is 2.36. The fraction of sp³-hybridized carbons (Fsp3) is 0.857. The molecule has 1 fully saturated rings. The second kappa shape index (κ2) is 4.16. The zero-order valence-corrected chi connectivity index (χ0v) is 8.52. The smallest absolute Gasteiger partial charge is 0.167 e. The Hall–Kier alpha value is 0.0400. The molecule has 2 unspecified atom stereocenters. The lowest BCUT2D eigenvalue weighted by atomic mass is 10.2. The maximum atomic E-state index is 5.04. The molecule has 1 aliphatic rings. The van der Waals surface area contributed by atoms with Crippen LogP contribution in [0.5, 0.6) is 0 Å². The number of thioether (sulfide) groups is 1. The van der Waals surface area contributed by atoms with Crippen molar-refractivity contribution in [1.29, 1.82) is 0 Å². The Morgan fingerprint density at radius 2 is 2.36 bits per heavy atom. The predicted molar refractivity (Wildman–Crippen MR) is 54.9 cm³/mol. The van der Waals surface area contributed by atoms with Crippen molar-refractivity contribution in [3.8, 4) is 0 Å². The first kappa shape index (κ1) is 9.13. The Morgan fingerprint density at radius 1 is 1.64 bits per heavy atom. The maximum absolute atomic E-state index is 5.04. The normalized spacial score (nSPS) is 30.9. The standard InChI is InChI=1S/C7H14N2S2/c1-3-11-6-4-5(2)8-7(10)9-6/h5-6H,3-4H2,1-2H3,(H2,8,9,10). The predicted octanol–water partition coefficient (Wildman–Crippen LogP) is 1.32. The molecule has 0 radical (unpaired) electrons. The van der Waals surface area contributed by atoms with E-state index in [1.807, 2.05) is 11.8 Å². The van der Waals surface area contributed by atoms with Crippen molar-refractivity contribution < 1.29 is 0 Å². The second-order valence-electron chi connectivity index (χ2n) is 2.70. The van der Waals surface area contributed by atoms with Gasteiger partial charge in [0, 0.05) is 6.04 Å². The van der Waals surface area contributed by atoms with Gasteiger partial charge in [-0.05, 0) is 31.3 Å². The van der Waals surface area contributed by atoms with Gasteiger partial charge in [0.1, 0.15) is 0 Å².